The standard InChI is InChI=1S/C21H30N4O2/c1-4-18-8-6-7-9-19(18)16-25-21(22-5-2)24-15-17-10-11-20(23-14-17)27-13-12-26-3/h6-11,14H,4-5,12-13,15-16H2,1-3H3,(H2,22,24,25). The van der Waals surface area contributed by atoms with E-state index in [2.05, 4.69) is 58.7 Å². The Morgan fingerprint density at radius 3 is 2.52 bits per heavy atom. The van der Waals surface area contributed by atoms with Gasteiger partial charge in [-0.15, -0.1) is 0 Å². The third-order valence-electron chi connectivity index (χ3n) is 4.04. The number of ether oxygens (including phenoxy) is 2. The van der Waals surface area contributed by atoms with Gasteiger partial charge in [0.25, 0.3) is 0 Å². The van der Waals surface area contributed by atoms with Gasteiger partial charge in [0.15, 0.2) is 5.96 Å². The van der Waals surface area contributed by atoms with Crippen molar-refractivity contribution in [1.29, 1.82) is 0 Å². The lowest BCUT2D eigenvalue weighted by atomic mass is 10.1. The smallest absolute Gasteiger partial charge is 0.213 e. The predicted molar refractivity (Wildman–Crippen MR) is 109 cm³/mol. The van der Waals surface area contributed by atoms with Crippen molar-refractivity contribution in [2.24, 2.45) is 4.99 Å². The second-order valence-electron chi connectivity index (χ2n) is 6.02. The highest BCUT2D eigenvalue weighted by atomic mass is 16.5. The van der Waals surface area contributed by atoms with E-state index >= 15 is 0 Å². The highest BCUT2D eigenvalue weighted by molar-refractivity contribution is 5.79. The van der Waals surface area contributed by atoms with Crippen LogP contribution in [0.3, 0.4) is 0 Å². The Hall–Kier alpha value is -2.60. The van der Waals surface area contributed by atoms with Crippen molar-refractivity contribution in [3.63, 3.8) is 0 Å². The number of hydrogen-bond acceptors (Lipinski definition) is 4. The van der Waals surface area contributed by atoms with Crippen LogP contribution in [0.2, 0.25) is 0 Å². The molecule has 2 N–H and O–H groups in total. The minimum atomic E-state index is 0.495. The average molecular weight is 370 g/mol. The van der Waals surface area contributed by atoms with Crippen LogP contribution in [0.5, 0.6) is 5.88 Å². The van der Waals surface area contributed by atoms with Gasteiger partial charge in [0.2, 0.25) is 5.88 Å². The molecule has 0 unspecified atom stereocenters. The van der Waals surface area contributed by atoms with Crippen LogP contribution in [0.25, 0.3) is 0 Å². The van der Waals surface area contributed by atoms with Crippen molar-refractivity contribution in [2.45, 2.75) is 33.4 Å². The SMILES string of the molecule is CCNC(=NCc1ccc(OCCOC)nc1)NCc1ccccc1CC. The summed E-state index contributed by atoms with van der Waals surface area (Å²) in [4.78, 5) is 8.96. The largest absolute Gasteiger partial charge is 0.475 e. The zero-order valence-corrected chi connectivity index (χ0v) is 16.5. The maximum absolute atomic E-state index is 5.48. The maximum atomic E-state index is 5.48. The van der Waals surface area contributed by atoms with Crippen molar-refractivity contribution in [1.82, 2.24) is 15.6 Å². The number of guanidine groups is 1. The normalized spacial score (nSPS) is 11.3. The summed E-state index contributed by atoms with van der Waals surface area (Å²) < 4.78 is 10.4. The number of hydrogen-bond donors (Lipinski definition) is 2. The van der Waals surface area contributed by atoms with Crippen LogP contribution in [-0.2, 0) is 24.2 Å². The van der Waals surface area contributed by atoms with Gasteiger partial charge in [-0.2, -0.15) is 0 Å². The quantitative estimate of drug-likeness (QED) is 0.382. The summed E-state index contributed by atoms with van der Waals surface area (Å²) in [6.45, 7) is 7.39. The Balaban J connectivity index is 1.92. The number of nitrogens with one attached hydrogen (secondary N) is 2. The second kappa shape index (κ2) is 11.9. The molecule has 0 saturated carbocycles. The molecule has 0 aliphatic carbocycles. The zero-order chi connectivity index (χ0) is 19.3. The van der Waals surface area contributed by atoms with Crippen LogP contribution in [0.15, 0.2) is 47.6 Å². The fourth-order valence-corrected chi connectivity index (χ4v) is 2.59. The van der Waals surface area contributed by atoms with Gasteiger partial charge in [-0.05, 0) is 30.0 Å². The first-order chi connectivity index (χ1) is 13.3. The van der Waals surface area contributed by atoms with E-state index in [9.17, 15) is 0 Å². The number of pyridine rings is 1. The second-order valence-corrected chi connectivity index (χ2v) is 6.02. The van der Waals surface area contributed by atoms with E-state index in [-0.39, 0.29) is 0 Å². The maximum Gasteiger partial charge on any atom is 0.213 e. The molecule has 0 amide bonds. The molecule has 1 aromatic heterocycles. The third kappa shape index (κ3) is 7.27. The number of aromatic nitrogens is 1. The van der Waals surface area contributed by atoms with E-state index in [1.807, 2.05) is 12.1 Å². The van der Waals surface area contributed by atoms with Gasteiger partial charge in [-0.25, -0.2) is 9.98 Å². The van der Waals surface area contributed by atoms with Crippen LogP contribution in [0, 0.1) is 0 Å². The summed E-state index contributed by atoms with van der Waals surface area (Å²) in [6, 6.07) is 12.3. The first kappa shape index (κ1) is 20.7. The molecule has 6 nitrogen and oxygen atoms in total. The van der Waals surface area contributed by atoms with Crippen LogP contribution in [0.1, 0.15) is 30.5 Å². The lowest BCUT2D eigenvalue weighted by molar-refractivity contribution is 0.143. The van der Waals surface area contributed by atoms with E-state index in [0.717, 1.165) is 31.0 Å². The summed E-state index contributed by atoms with van der Waals surface area (Å²) in [6.07, 6.45) is 2.82. The summed E-state index contributed by atoms with van der Waals surface area (Å²) in [5.41, 5.74) is 3.68. The van der Waals surface area contributed by atoms with E-state index < -0.39 is 0 Å². The van der Waals surface area contributed by atoms with Crippen LogP contribution in [0.4, 0.5) is 0 Å². The van der Waals surface area contributed by atoms with Crippen molar-refractivity contribution < 1.29 is 9.47 Å². The Labute approximate surface area is 162 Å². The van der Waals surface area contributed by atoms with Gasteiger partial charge < -0.3 is 20.1 Å². The van der Waals surface area contributed by atoms with Gasteiger partial charge in [0.1, 0.15) is 6.61 Å². The average Bonchev–Trinajstić information content (AvgIpc) is 2.71. The minimum Gasteiger partial charge on any atom is -0.475 e. The zero-order valence-electron chi connectivity index (χ0n) is 16.5. The molecule has 0 bridgehead atoms. The summed E-state index contributed by atoms with van der Waals surface area (Å²) >= 11 is 0. The Kier molecular flexibility index (Phi) is 9.13. The van der Waals surface area contributed by atoms with E-state index in [0.29, 0.717) is 25.6 Å². The van der Waals surface area contributed by atoms with E-state index in [1.54, 1.807) is 13.3 Å². The van der Waals surface area contributed by atoms with E-state index in [1.165, 1.54) is 11.1 Å². The molecule has 27 heavy (non-hydrogen) atoms. The fraction of sp³-hybridized carbons (Fsp3) is 0.429. The number of rotatable bonds is 10. The molecule has 0 radical (unpaired) electrons. The summed E-state index contributed by atoms with van der Waals surface area (Å²) in [5.74, 6) is 1.39. The summed E-state index contributed by atoms with van der Waals surface area (Å²) in [5, 5.41) is 6.69. The van der Waals surface area contributed by atoms with Gasteiger partial charge in [0, 0.05) is 32.5 Å². The van der Waals surface area contributed by atoms with Gasteiger partial charge >= 0.3 is 0 Å². The van der Waals surface area contributed by atoms with Crippen molar-refractivity contribution in [3.8, 4) is 5.88 Å². The highest BCUT2D eigenvalue weighted by Crippen LogP contribution is 2.10. The lowest BCUT2D eigenvalue weighted by Crippen LogP contribution is -2.37. The number of benzene rings is 1. The number of nitrogens with zero attached hydrogens (tertiary/aromatic N) is 2. The van der Waals surface area contributed by atoms with Crippen molar-refractivity contribution >= 4 is 5.96 Å². The molecular formula is C21H30N4O2. The predicted octanol–water partition coefficient (Wildman–Crippen LogP) is 2.92. The molecular weight excluding hydrogens is 340 g/mol. The molecule has 146 valence electrons. The molecule has 0 aliphatic heterocycles. The number of methoxy groups -OCH3 is 1. The fourth-order valence-electron chi connectivity index (χ4n) is 2.59. The first-order valence-corrected chi connectivity index (χ1v) is 9.42. The minimum absolute atomic E-state index is 0.495. The van der Waals surface area contributed by atoms with Crippen LogP contribution < -0.4 is 15.4 Å². The summed E-state index contributed by atoms with van der Waals surface area (Å²) in [7, 11) is 1.65. The molecule has 0 spiro atoms. The molecule has 2 aromatic rings. The van der Waals surface area contributed by atoms with E-state index in [4.69, 9.17) is 9.47 Å². The molecule has 0 atom stereocenters. The Morgan fingerprint density at radius 2 is 1.85 bits per heavy atom. The van der Waals surface area contributed by atoms with Gasteiger partial charge in [-0.1, -0.05) is 37.3 Å². The molecule has 1 aromatic carbocycles. The molecule has 1 heterocycles. The van der Waals surface area contributed by atoms with Gasteiger partial charge in [-0.3, -0.25) is 0 Å². The highest BCUT2D eigenvalue weighted by Gasteiger charge is 2.03. The molecule has 0 aliphatic rings. The van der Waals surface area contributed by atoms with Crippen LogP contribution in [-0.4, -0.2) is 37.8 Å². The van der Waals surface area contributed by atoms with Crippen LogP contribution >= 0.6 is 0 Å². The molecule has 0 saturated heterocycles. The Bertz CT molecular complexity index is 702. The number of aryl methyl sites for hydroxylation is 1. The molecule has 2 rings (SSSR count). The molecule has 6 heteroatoms. The monoisotopic (exact) mass is 370 g/mol. The van der Waals surface area contributed by atoms with Crippen molar-refractivity contribution in [3.05, 3.63) is 59.3 Å². The van der Waals surface area contributed by atoms with Crippen molar-refractivity contribution in [2.75, 3.05) is 26.9 Å². The third-order valence-corrected chi connectivity index (χ3v) is 4.04. The Morgan fingerprint density at radius 1 is 1.04 bits per heavy atom. The molecule has 0 fully saturated rings. The lowest BCUT2D eigenvalue weighted by Gasteiger charge is -2.13. The number of aliphatic imine (C=N–C) groups is 1. The topological polar surface area (TPSA) is 67.8 Å². The first-order valence-electron chi connectivity index (χ1n) is 9.42. The van der Waals surface area contributed by atoms with Gasteiger partial charge in [0.05, 0.1) is 13.2 Å².